The second-order valence-corrected chi connectivity index (χ2v) is 10.5. The Hall–Kier alpha value is -0.0400. The number of hydrogen-bond donors (Lipinski definition) is 0. The van der Waals surface area contributed by atoms with Crippen molar-refractivity contribution in [3.8, 4) is 0 Å². The largest absolute Gasteiger partial charge is 0.412 e. The van der Waals surface area contributed by atoms with Gasteiger partial charge in [0.1, 0.15) is 0 Å². The van der Waals surface area contributed by atoms with E-state index in [1.165, 1.54) is 167 Å². The Labute approximate surface area is 199 Å². The highest BCUT2D eigenvalue weighted by molar-refractivity contribution is 4.56. The smallest absolute Gasteiger partial charge is 0.0443 e. The van der Waals surface area contributed by atoms with Gasteiger partial charge in [0.05, 0.1) is 0 Å². The maximum absolute atomic E-state index is 2.50. The molecular formula is C30H64O. The lowest BCUT2D eigenvalue weighted by Crippen LogP contribution is -1.95. The van der Waals surface area contributed by atoms with E-state index in [-0.39, 0.29) is 5.48 Å². The molecule has 1 atom stereocenters. The highest BCUT2D eigenvalue weighted by atomic mass is 16.0. The Bertz CT molecular complexity index is 288. The van der Waals surface area contributed by atoms with Crippen LogP contribution in [-0.2, 0) is 0 Å². The molecule has 0 radical (unpaired) electrons. The van der Waals surface area contributed by atoms with Crippen molar-refractivity contribution < 1.29 is 5.48 Å². The maximum atomic E-state index is 2.50. The van der Waals surface area contributed by atoms with E-state index in [1.54, 1.807) is 0 Å². The van der Waals surface area contributed by atoms with Crippen LogP contribution in [0.2, 0.25) is 0 Å². The normalized spacial score (nSPS) is 12.1. The zero-order valence-corrected chi connectivity index (χ0v) is 22.5. The lowest BCUT2D eigenvalue weighted by atomic mass is 9.95. The standard InChI is InChI=1S/C30H62.H2O/c1-4-6-8-10-12-14-16-17-18-19-21-23-25-27-29-30(3)28-26-24-22-20-15-13-11-9-7-5-2;/h30H,4-29H2,1-3H3;1H2. The minimum absolute atomic E-state index is 0. The summed E-state index contributed by atoms with van der Waals surface area (Å²) < 4.78 is 0. The summed E-state index contributed by atoms with van der Waals surface area (Å²) in [6.45, 7) is 7.11. The fourth-order valence-electron chi connectivity index (χ4n) is 4.81. The van der Waals surface area contributed by atoms with Crippen LogP contribution in [0.25, 0.3) is 0 Å². The van der Waals surface area contributed by atoms with Gasteiger partial charge in [-0.15, -0.1) is 0 Å². The number of rotatable bonds is 26. The molecular weight excluding hydrogens is 376 g/mol. The predicted molar refractivity (Wildman–Crippen MR) is 144 cm³/mol. The van der Waals surface area contributed by atoms with Gasteiger partial charge in [-0.1, -0.05) is 188 Å². The first-order chi connectivity index (χ1) is 14.8. The molecule has 1 unspecified atom stereocenters. The van der Waals surface area contributed by atoms with E-state index in [0.717, 1.165) is 5.92 Å². The summed E-state index contributed by atoms with van der Waals surface area (Å²) in [7, 11) is 0. The molecule has 0 heterocycles. The molecule has 0 aliphatic rings. The van der Waals surface area contributed by atoms with Crippen molar-refractivity contribution >= 4 is 0 Å². The molecule has 0 aromatic rings. The molecule has 0 saturated heterocycles. The highest BCUT2D eigenvalue weighted by Crippen LogP contribution is 2.19. The van der Waals surface area contributed by atoms with E-state index in [4.69, 9.17) is 0 Å². The fourth-order valence-corrected chi connectivity index (χ4v) is 4.81. The summed E-state index contributed by atoms with van der Waals surface area (Å²) >= 11 is 0. The summed E-state index contributed by atoms with van der Waals surface area (Å²) in [6, 6.07) is 0. The van der Waals surface area contributed by atoms with Gasteiger partial charge in [-0.2, -0.15) is 0 Å². The molecule has 0 spiro atoms. The summed E-state index contributed by atoms with van der Waals surface area (Å²) in [6.07, 6.45) is 38.3. The van der Waals surface area contributed by atoms with Crippen molar-refractivity contribution in [1.29, 1.82) is 0 Å². The zero-order valence-electron chi connectivity index (χ0n) is 22.5. The first-order valence-corrected chi connectivity index (χ1v) is 14.8. The van der Waals surface area contributed by atoms with Crippen LogP contribution < -0.4 is 0 Å². The summed E-state index contributed by atoms with van der Waals surface area (Å²) in [5, 5.41) is 0. The topological polar surface area (TPSA) is 31.5 Å². The van der Waals surface area contributed by atoms with Crippen LogP contribution in [-0.4, -0.2) is 5.48 Å². The first-order valence-electron chi connectivity index (χ1n) is 14.8. The molecule has 0 aliphatic carbocycles. The number of hydrogen-bond acceptors (Lipinski definition) is 0. The molecule has 31 heavy (non-hydrogen) atoms. The molecule has 0 aliphatic heterocycles. The van der Waals surface area contributed by atoms with Crippen molar-refractivity contribution in [3.63, 3.8) is 0 Å². The maximum Gasteiger partial charge on any atom is -0.0443 e. The Balaban J connectivity index is 0. The minimum Gasteiger partial charge on any atom is -0.412 e. The van der Waals surface area contributed by atoms with Gasteiger partial charge in [0, 0.05) is 0 Å². The van der Waals surface area contributed by atoms with E-state index >= 15 is 0 Å². The highest BCUT2D eigenvalue weighted by Gasteiger charge is 2.02. The molecule has 0 aromatic carbocycles. The van der Waals surface area contributed by atoms with Crippen LogP contribution in [0.15, 0.2) is 0 Å². The van der Waals surface area contributed by atoms with Crippen molar-refractivity contribution in [2.24, 2.45) is 5.92 Å². The van der Waals surface area contributed by atoms with Gasteiger partial charge in [-0.25, -0.2) is 0 Å². The van der Waals surface area contributed by atoms with Crippen molar-refractivity contribution in [3.05, 3.63) is 0 Å². The lowest BCUT2D eigenvalue weighted by molar-refractivity contribution is 0.429. The van der Waals surface area contributed by atoms with Gasteiger partial charge in [-0.3, -0.25) is 0 Å². The van der Waals surface area contributed by atoms with E-state index < -0.39 is 0 Å². The molecule has 190 valence electrons. The number of unbranched alkanes of at least 4 members (excludes halogenated alkanes) is 22. The van der Waals surface area contributed by atoms with E-state index in [0.29, 0.717) is 0 Å². The van der Waals surface area contributed by atoms with Gasteiger partial charge in [0.15, 0.2) is 0 Å². The molecule has 0 aromatic heterocycles. The Morgan fingerprint density at radius 1 is 0.323 bits per heavy atom. The Morgan fingerprint density at radius 3 is 0.742 bits per heavy atom. The third kappa shape index (κ3) is 30.0. The Kier molecular flexibility index (Phi) is 32.0. The lowest BCUT2D eigenvalue weighted by Gasteiger charge is -2.11. The van der Waals surface area contributed by atoms with Crippen LogP contribution in [0.1, 0.15) is 188 Å². The van der Waals surface area contributed by atoms with Crippen LogP contribution in [0.4, 0.5) is 0 Å². The third-order valence-electron chi connectivity index (χ3n) is 7.10. The van der Waals surface area contributed by atoms with Crippen molar-refractivity contribution in [2.45, 2.75) is 188 Å². The monoisotopic (exact) mass is 440 g/mol. The van der Waals surface area contributed by atoms with Crippen molar-refractivity contribution in [2.75, 3.05) is 0 Å². The van der Waals surface area contributed by atoms with Crippen LogP contribution in [0.5, 0.6) is 0 Å². The third-order valence-corrected chi connectivity index (χ3v) is 7.10. The summed E-state index contributed by atoms with van der Waals surface area (Å²) in [5.74, 6) is 0.969. The van der Waals surface area contributed by atoms with Crippen molar-refractivity contribution in [1.82, 2.24) is 0 Å². The molecule has 1 nitrogen and oxygen atoms in total. The fraction of sp³-hybridized carbons (Fsp3) is 1.00. The van der Waals surface area contributed by atoms with Crippen LogP contribution in [0, 0.1) is 5.92 Å². The van der Waals surface area contributed by atoms with Crippen LogP contribution >= 0.6 is 0 Å². The SMILES string of the molecule is CCCCCCCCCCCCCCCCC(C)CCCCCCCCCCCC.O. The van der Waals surface area contributed by atoms with E-state index in [1.807, 2.05) is 0 Å². The predicted octanol–water partition coefficient (Wildman–Crippen LogP) is 11.0. The molecule has 0 rings (SSSR count). The quantitative estimate of drug-likeness (QED) is 0.120. The molecule has 1 heteroatoms. The Morgan fingerprint density at radius 2 is 0.516 bits per heavy atom. The second-order valence-electron chi connectivity index (χ2n) is 10.5. The molecule has 0 bridgehead atoms. The molecule has 0 amide bonds. The minimum atomic E-state index is 0. The first kappa shape index (κ1) is 33.1. The molecule has 2 N–H and O–H groups in total. The van der Waals surface area contributed by atoms with E-state index in [9.17, 15) is 0 Å². The zero-order chi connectivity index (χ0) is 22.0. The average molecular weight is 441 g/mol. The summed E-state index contributed by atoms with van der Waals surface area (Å²) in [4.78, 5) is 0. The van der Waals surface area contributed by atoms with E-state index in [2.05, 4.69) is 20.8 Å². The molecule has 0 fully saturated rings. The van der Waals surface area contributed by atoms with Gasteiger partial charge < -0.3 is 5.48 Å². The average Bonchev–Trinajstić information content (AvgIpc) is 2.75. The molecule has 0 saturated carbocycles. The summed E-state index contributed by atoms with van der Waals surface area (Å²) in [5.41, 5.74) is 0. The van der Waals surface area contributed by atoms with Crippen LogP contribution in [0.3, 0.4) is 0 Å². The van der Waals surface area contributed by atoms with Gasteiger partial charge in [0.2, 0.25) is 0 Å². The second kappa shape index (κ2) is 30.0. The van der Waals surface area contributed by atoms with Gasteiger partial charge >= 0.3 is 0 Å². The van der Waals surface area contributed by atoms with Gasteiger partial charge in [0.25, 0.3) is 0 Å². The van der Waals surface area contributed by atoms with Gasteiger partial charge in [-0.05, 0) is 5.92 Å².